The van der Waals surface area contributed by atoms with Crippen molar-refractivity contribution in [3.05, 3.63) is 82.9 Å². The van der Waals surface area contributed by atoms with E-state index in [4.69, 9.17) is 11.6 Å². The minimum Gasteiger partial charge on any atom is -0.379 e. The van der Waals surface area contributed by atoms with Crippen LogP contribution in [0.4, 0.5) is 17.2 Å². The Morgan fingerprint density at radius 2 is 1.97 bits per heavy atom. The van der Waals surface area contributed by atoms with Gasteiger partial charge in [0.05, 0.1) is 24.2 Å². The molecule has 196 valence electrons. The molecule has 1 amide bonds. The zero-order valence-electron chi connectivity index (χ0n) is 20.7. The second-order valence-corrected chi connectivity index (χ2v) is 12.3. The van der Waals surface area contributed by atoms with E-state index in [1.54, 1.807) is 12.3 Å². The van der Waals surface area contributed by atoms with Gasteiger partial charge in [-0.15, -0.1) is 0 Å². The third-order valence-electron chi connectivity index (χ3n) is 6.86. The molecule has 0 radical (unpaired) electrons. The fraction of sp³-hybridized carbons (Fsp3) is 0.296. The number of benzene rings is 1. The minimum absolute atomic E-state index is 0.0580. The van der Waals surface area contributed by atoms with Crippen molar-refractivity contribution in [2.45, 2.75) is 37.6 Å². The lowest BCUT2D eigenvalue weighted by molar-refractivity contribution is -0.117. The molecule has 0 saturated heterocycles. The van der Waals surface area contributed by atoms with E-state index in [-0.39, 0.29) is 17.7 Å². The summed E-state index contributed by atoms with van der Waals surface area (Å²) in [6.45, 7) is 0.412. The molecule has 6 rings (SSSR count). The van der Waals surface area contributed by atoms with Crippen LogP contribution in [0.2, 0.25) is 5.02 Å². The largest absolute Gasteiger partial charge is 0.379 e. The summed E-state index contributed by atoms with van der Waals surface area (Å²) in [6.07, 6.45) is 9.70. The number of carbonyl (C=O) groups is 1. The Labute approximate surface area is 225 Å². The number of hydrogen-bond acceptors (Lipinski definition) is 6. The van der Waals surface area contributed by atoms with E-state index in [1.165, 1.54) is 0 Å². The van der Waals surface area contributed by atoms with Crippen LogP contribution >= 0.6 is 11.6 Å². The molecule has 3 heterocycles. The SMILES string of the molecule is CS(=O)(=O)Nc1cc(C2CC2)cn2cc(CNc3ccnc(NC(=O)[C@H]4C[C@@H]4c4cccc(Cl)c4)c3)nc12. The maximum Gasteiger partial charge on any atom is 0.229 e. The van der Waals surface area contributed by atoms with E-state index in [2.05, 4.69) is 25.3 Å². The van der Waals surface area contributed by atoms with Crippen LogP contribution in [0, 0.1) is 5.92 Å². The number of fused-ring (bicyclic) bond motifs is 1. The van der Waals surface area contributed by atoms with Gasteiger partial charge in [-0.2, -0.15) is 0 Å². The number of sulfonamides is 1. The molecule has 0 unspecified atom stereocenters. The maximum absolute atomic E-state index is 12.8. The van der Waals surface area contributed by atoms with Gasteiger partial charge in [0.1, 0.15) is 5.82 Å². The zero-order valence-corrected chi connectivity index (χ0v) is 22.3. The molecular formula is C27H27ClN6O3S. The van der Waals surface area contributed by atoms with E-state index >= 15 is 0 Å². The van der Waals surface area contributed by atoms with Gasteiger partial charge < -0.3 is 15.0 Å². The Hall–Kier alpha value is -3.63. The van der Waals surface area contributed by atoms with Gasteiger partial charge in [-0.1, -0.05) is 23.7 Å². The van der Waals surface area contributed by atoms with E-state index in [0.29, 0.717) is 34.6 Å². The van der Waals surface area contributed by atoms with Crippen molar-refractivity contribution >= 4 is 50.4 Å². The molecule has 38 heavy (non-hydrogen) atoms. The van der Waals surface area contributed by atoms with Crippen LogP contribution in [-0.2, 0) is 21.4 Å². The number of nitrogens with zero attached hydrogens (tertiary/aromatic N) is 3. The first kappa shape index (κ1) is 24.7. The lowest BCUT2D eigenvalue weighted by Crippen LogP contribution is -2.15. The van der Waals surface area contributed by atoms with Crippen LogP contribution in [0.25, 0.3) is 5.65 Å². The van der Waals surface area contributed by atoms with Crippen LogP contribution in [-0.4, -0.2) is 34.9 Å². The lowest BCUT2D eigenvalue weighted by atomic mass is 10.1. The molecule has 3 aromatic heterocycles. The van der Waals surface area contributed by atoms with Gasteiger partial charge in [0.15, 0.2) is 5.65 Å². The van der Waals surface area contributed by atoms with Crippen LogP contribution in [0.5, 0.6) is 0 Å². The van der Waals surface area contributed by atoms with Crippen molar-refractivity contribution in [1.29, 1.82) is 0 Å². The smallest absolute Gasteiger partial charge is 0.229 e. The van der Waals surface area contributed by atoms with Gasteiger partial charge >= 0.3 is 0 Å². The molecule has 9 nitrogen and oxygen atoms in total. The fourth-order valence-corrected chi connectivity index (χ4v) is 5.53. The second kappa shape index (κ2) is 9.59. The first-order valence-electron chi connectivity index (χ1n) is 12.5. The highest BCUT2D eigenvalue weighted by Crippen LogP contribution is 2.48. The quantitative estimate of drug-likeness (QED) is 0.270. The Bertz CT molecular complexity index is 1650. The number of imidazole rings is 1. The summed E-state index contributed by atoms with van der Waals surface area (Å²) in [7, 11) is -3.44. The van der Waals surface area contributed by atoms with E-state index in [1.807, 2.05) is 53.2 Å². The van der Waals surface area contributed by atoms with Gasteiger partial charge in [0, 0.05) is 41.3 Å². The number of amides is 1. The number of rotatable bonds is 9. The van der Waals surface area contributed by atoms with Crippen molar-refractivity contribution in [2.24, 2.45) is 5.92 Å². The second-order valence-electron chi connectivity index (χ2n) is 10.1. The molecule has 1 aromatic carbocycles. The molecule has 3 N–H and O–H groups in total. The maximum atomic E-state index is 12.8. The average molecular weight is 551 g/mol. The Morgan fingerprint density at radius 3 is 2.74 bits per heavy atom. The zero-order chi connectivity index (χ0) is 26.4. The Morgan fingerprint density at radius 1 is 1.13 bits per heavy atom. The monoisotopic (exact) mass is 550 g/mol. The molecule has 0 spiro atoms. The number of pyridine rings is 2. The molecular weight excluding hydrogens is 524 g/mol. The summed E-state index contributed by atoms with van der Waals surface area (Å²) in [5.41, 5.74) is 4.74. The van der Waals surface area contributed by atoms with Crippen LogP contribution in [0.1, 0.15) is 47.9 Å². The summed E-state index contributed by atoms with van der Waals surface area (Å²) >= 11 is 6.09. The highest BCUT2D eigenvalue weighted by Gasteiger charge is 2.44. The molecule has 2 fully saturated rings. The van der Waals surface area contributed by atoms with E-state index < -0.39 is 10.0 Å². The summed E-state index contributed by atoms with van der Waals surface area (Å²) in [5, 5.41) is 6.91. The summed E-state index contributed by atoms with van der Waals surface area (Å²) in [4.78, 5) is 21.7. The normalized spacial score (nSPS) is 18.8. The molecule has 0 aliphatic heterocycles. The van der Waals surface area contributed by atoms with Crippen LogP contribution < -0.4 is 15.4 Å². The van der Waals surface area contributed by atoms with Gasteiger partial charge in [0.2, 0.25) is 15.9 Å². The molecule has 2 atom stereocenters. The van der Waals surface area contributed by atoms with Gasteiger partial charge in [-0.25, -0.2) is 18.4 Å². The third kappa shape index (κ3) is 5.61. The first-order valence-corrected chi connectivity index (χ1v) is 14.7. The van der Waals surface area contributed by atoms with E-state index in [9.17, 15) is 13.2 Å². The number of anilines is 3. The molecule has 2 aliphatic carbocycles. The average Bonchev–Trinajstić information content (AvgIpc) is 3.78. The van der Waals surface area contributed by atoms with Crippen LogP contribution in [0.15, 0.2) is 61.1 Å². The van der Waals surface area contributed by atoms with Crippen molar-refractivity contribution in [3.8, 4) is 0 Å². The van der Waals surface area contributed by atoms with Crippen LogP contribution in [0.3, 0.4) is 0 Å². The summed E-state index contributed by atoms with van der Waals surface area (Å²) < 4.78 is 28.3. The predicted octanol–water partition coefficient (Wildman–Crippen LogP) is 4.99. The highest BCUT2D eigenvalue weighted by atomic mass is 35.5. The van der Waals surface area contributed by atoms with E-state index in [0.717, 1.165) is 48.0 Å². The van der Waals surface area contributed by atoms with Crippen molar-refractivity contribution < 1.29 is 13.2 Å². The van der Waals surface area contributed by atoms with Crippen molar-refractivity contribution in [3.63, 3.8) is 0 Å². The Balaban J connectivity index is 1.12. The number of carbonyl (C=O) groups excluding carboxylic acids is 1. The van der Waals surface area contributed by atoms with Gasteiger partial charge in [0.25, 0.3) is 0 Å². The minimum atomic E-state index is -3.44. The topological polar surface area (TPSA) is 117 Å². The number of aromatic nitrogens is 3. The summed E-state index contributed by atoms with van der Waals surface area (Å²) in [6, 6.07) is 13.1. The number of halogens is 1. The third-order valence-corrected chi connectivity index (χ3v) is 7.68. The number of hydrogen-bond donors (Lipinski definition) is 3. The molecule has 0 bridgehead atoms. The predicted molar refractivity (Wildman–Crippen MR) is 148 cm³/mol. The standard InChI is InChI=1S/C27H27ClN6O3S/c1-38(36,37)33-24-10-18(16-5-6-16)14-34-15-21(31-26(24)34)13-30-20-7-8-29-25(11-20)32-27(35)23-12-22(23)17-3-2-4-19(28)9-17/h2-4,7-11,14-16,22-23,33H,5-6,12-13H2,1H3,(H2,29,30,32,35)/t22-,23+/m1/s1. The van der Waals surface area contributed by atoms with Gasteiger partial charge in [-0.05, 0) is 66.5 Å². The first-order chi connectivity index (χ1) is 18.2. The fourth-order valence-electron chi connectivity index (χ4n) is 4.78. The number of nitrogens with one attached hydrogen (secondary N) is 3. The molecule has 4 aromatic rings. The molecule has 11 heteroatoms. The lowest BCUT2D eigenvalue weighted by Gasteiger charge is -2.08. The Kier molecular flexibility index (Phi) is 6.23. The van der Waals surface area contributed by atoms with Gasteiger partial charge in [-0.3, -0.25) is 9.52 Å². The molecule has 2 aliphatic rings. The summed E-state index contributed by atoms with van der Waals surface area (Å²) in [5.74, 6) is 0.954. The van der Waals surface area contributed by atoms with Crippen molar-refractivity contribution in [2.75, 3.05) is 21.6 Å². The molecule has 2 saturated carbocycles. The highest BCUT2D eigenvalue weighted by molar-refractivity contribution is 7.92. The van der Waals surface area contributed by atoms with Crippen molar-refractivity contribution in [1.82, 2.24) is 14.4 Å².